The van der Waals surface area contributed by atoms with E-state index in [1.54, 1.807) is 13.0 Å². The molecule has 0 spiro atoms. The summed E-state index contributed by atoms with van der Waals surface area (Å²) in [6.45, 7) is 16.3. The monoisotopic (exact) mass is 714 g/mol. The number of fused-ring (bicyclic) bond motifs is 2. The number of unbranched alkanes of at least 4 members (excludes halogenated alkanes) is 1. The summed E-state index contributed by atoms with van der Waals surface area (Å²) < 4.78 is 36.2. The molecule has 0 fully saturated rings. The minimum atomic E-state index is -4.40. The van der Waals surface area contributed by atoms with Gasteiger partial charge in [0.25, 0.3) is 10.1 Å². The average molecular weight is 715 g/mol. The van der Waals surface area contributed by atoms with Crippen LogP contribution in [-0.4, -0.2) is 59.9 Å². The molecule has 1 unspecified atom stereocenters. The first kappa shape index (κ1) is 38.0. The van der Waals surface area contributed by atoms with Crippen LogP contribution in [0, 0.1) is 5.41 Å². The van der Waals surface area contributed by atoms with Crippen LogP contribution in [0.15, 0.2) is 94.6 Å². The van der Waals surface area contributed by atoms with E-state index >= 15 is 0 Å². The van der Waals surface area contributed by atoms with Crippen molar-refractivity contribution in [3.63, 3.8) is 0 Å². The van der Waals surface area contributed by atoms with Gasteiger partial charge in [-0.15, -0.1) is 0 Å². The van der Waals surface area contributed by atoms with E-state index in [9.17, 15) is 27.7 Å². The zero-order valence-electron chi connectivity index (χ0n) is 30.9. The Hall–Kier alpha value is -4.28. The second kappa shape index (κ2) is 14.4. The molecule has 10 heteroatoms. The maximum Gasteiger partial charge on any atom is 0.319 e. The normalized spacial score (nSPS) is 22.4. The number of benzene rings is 2. The molecule has 3 aliphatic rings. The quantitative estimate of drug-likeness (QED) is 0.117. The molecule has 0 aromatic heterocycles. The largest absolute Gasteiger partial charge is 0.480 e. The van der Waals surface area contributed by atoms with Gasteiger partial charge in [0.05, 0.1) is 10.3 Å². The molecule has 2 heterocycles. The average Bonchev–Trinajstić information content (AvgIpc) is 3.42. The number of aliphatic carboxylic acids is 1. The van der Waals surface area contributed by atoms with Crippen molar-refractivity contribution >= 4 is 39.1 Å². The number of rotatable bonds is 12. The third kappa shape index (κ3) is 7.00. The zero-order chi connectivity index (χ0) is 37.4. The zero-order valence-corrected chi connectivity index (χ0v) is 31.7. The Morgan fingerprint density at radius 3 is 2.31 bits per heavy atom. The fraction of sp³-hybridized carbons (Fsp3) is 0.439. The number of allylic oxidation sites excluding steroid dienone is 8. The highest BCUT2D eigenvalue weighted by Gasteiger charge is 2.49. The number of nitrogens with one attached hydrogen (secondary N) is 1. The van der Waals surface area contributed by atoms with E-state index < -0.39 is 32.8 Å². The Bertz CT molecular complexity index is 2000. The van der Waals surface area contributed by atoms with Gasteiger partial charge in [-0.25, -0.2) is 0 Å². The fourth-order valence-electron chi connectivity index (χ4n) is 7.90. The summed E-state index contributed by atoms with van der Waals surface area (Å²) in [5.41, 5.74) is 4.92. The summed E-state index contributed by atoms with van der Waals surface area (Å²) in [6.07, 6.45) is 12.9. The number of amides is 1. The number of hydrogen-bond donors (Lipinski definition) is 3. The fourth-order valence-corrected chi connectivity index (χ4v) is 8.41. The van der Waals surface area contributed by atoms with Crippen LogP contribution in [0.25, 0.3) is 0 Å². The van der Waals surface area contributed by atoms with Gasteiger partial charge in [-0.1, -0.05) is 70.5 Å². The molecule has 1 atom stereocenters. The lowest BCUT2D eigenvalue weighted by Crippen LogP contribution is -2.48. The predicted molar refractivity (Wildman–Crippen MR) is 202 cm³/mol. The van der Waals surface area contributed by atoms with Crippen molar-refractivity contribution in [1.29, 1.82) is 0 Å². The Labute approximate surface area is 302 Å². The van der Waals surface area contributed by atoms with Crippen molar-refractivity contribution < 1.29 is 32.2 Å². The molecule has 272 valence electrons. The maximum atomic E-state index is 13.6. The van der Waals surface area contributed by atoms with Crippen LogP contribution >= 0.6 is 0 Å². The van der Waals surface area contributed by atoms with E-state index in [1.165, 1.54) is 23.4 Å². The van der Waals surface area contributed by atoms with E-state index in [1.807, 2.05) is 38.2 Å². The number of hydrogen-bond acceptors (Lipinski definition) is 5. The molecule has 1 amide bonds. The number of anilines is 1. The maximum absolute atomic E-state index is 13.6. The van der Waals surface area contributed by atoms with Gasteiger partial charge < -0.3 is 15.3 Å². The molecule has 5 rings (SSSR count). The minimum Gasteiger partial charge on any atom is -0.480 e. The van der Waals surface area contributed by atoms with Gasteiger partial charge in [0.2, 0.25) is 11.6 Å². The van der Waals surface area contributed by atoms with Crippen molar-refractivity contribution in [2.75, 3.05) is 24.5 Å². The summed E-state index contributed by atoms with van der Waals surface area (Å²) in [7, 11) is -4.40. The van der Waals surface area contributed by atoms with Crippen molar-refractivity contribution in [2.45, 2.75) is 96.3 Å². The first-order valence-corrected chi connectivity index (χ1v) is 19.4. The van der Waals surface area contributed by atoms with Crippen LogP contribution in [0.5, 0.6) is 0 Å². The highest BCUT2D eigenvalue weighted by molar-refractivity contribution is 7.85. The summed E-state index contributed by atoms with van der Waals surface area (Å²) in [4.78, 5) is 28.7. The molecular formula is C41H52N3O6S+. The standard InChI is InChI=1S/C41H51N3O6S/c1-8-11-23-44-33-15-13-12-14-31(33)39(4,5)35(44)20-16-28-24-29(27-41(26-28,38(46)47)37(45)42-10-3)17-21-36-40(6,7)32-25-30(51(48,49)50)18-19-34(32)43(36)22-9-2/h12-21,24-25H,8-11,22-23,26-27H2,1-7H3,(H2-,42,45,46,47,48,49,50)/p+1. The van der Waals surface area contributed by atoms with Crippen molar-refractivity contribution in [2.24, 2.45) is 5.41 Å². The van der Waals surface area contributed by atoms with Crippen LogP contribution in [0.4, 0.5) is 11.4 Å². The number of para-hydroxylation sites is 1. The second-order valence-corrected chi connectivity index (χ2v) is 16.3. The molecule has 0 saturated carbocycles. The van der Waals surface area contributed by atoms with Crippen LogP contribution in [0.2, 0.25) is 0 Å². The highest BCUT2D eigenvalue weighted by atomic mass is 32.2. The third-order valence-electron chi connectivity index (χ3n) is 10.6. The highest BCUT2D eigenvalue weighted by Crippen LogP contribution is 2.49. The number of nitrogens with zero attached hydrogens (tertiary/aromatic N) is 2. The van der Waals surface area contributed by atoms with Crippen LogP contribution < -0.4 is 10.2 Å². The SMILES string of the molecule is CCCC[N+]1=C(/C=C/C2=CC(=C/C=C3/N(CCC)c4ccc(S(=O)(=O)O)cc4C3(C)C)/CC(C(=O)O)(C(=O)NCC)C2)C(C)(C)c2ccccc21. The van der Waals surface area contributed by atoms with Gasteiger partial charge >= 0.3 is 5.97 Å². The Morgan fingerprint density at radius 1 is 0.941 bits per heavy atom. The van der Waals surface area contributed by atoms with E-state index in [0.29, 0.717) is 18.7 Å². The molecule has 9 nitrogen and oxygen atoms in total. The second-order valence-electron chi connectivity index (χ2n) is 14.9. The molecular weight excluding hydrogens is 663 g/mol. The number of carboxylic acid groups (broad SMARTS) is 1. The van der Waals surface area contributed by atoms with Gasteiger partial charge in [-0.2, -0.15) is 13.0 Å². The Kier molecular flexibility index (Phi) is 10.7. The van der Waals surface area contributed by atoms with E-state index in [4.69, 9.17) is 0 Å². The molecule has 0 radical (unpaired) electrons. The lowest BCUT2D eigenvalue weighted by atomic mass is 9.71. The third-order valence-corrected chi connectivity index (χ3v) is 11.5. The molecule has 51 heavy (non-hydrogen) atoms. The van der Waals surface area contributed by atoms with Crippen LogP contribution in [0.3, 0.4) is 0 Å². The molecule has 0 saturated heterocycles. The van der Waals surface area contributed by atoms with Gasteiger partial charge in [0.15, 0.2) is 11.1 Å². The lowest BCUT2D eigenvalue weighted by Gasteiger charge is -2.33. The molecule has 2 aliphatic heterocycles. The van der Waals surface area contributed by atoms with E-state index in [0.717, 1.165) is 54.0 Å². The first-order valence-electron chi connectivity index (χ1n) is 18.0. The van der Waals surface area contributed by atoms with Crippen molar-refractivity contribution in [3.8, 4) is 0 Å². The molecule has 0 bridgehead atoms. The summed E-state index contributed by atoms with van der Waals surface area (Å²) in [5, 5.41) is 13.5. The van der Waals surface area contributed by atoms with E-state index in [2.05, 4.69) is 72.8 Å². The molecule has 1 aliphatic carbocycles. The predicted octanol–water partition coefficient (Wildman–Crippen LogP) is 7.61. The summed E-state index contributed by atoms with van der Waals surface area (Å²) in [6, 6.07) is 13.1. The van der Waals surface area contributed by atoms with Crippen molar-refractivity contribution in [1.82, 2.24) is 5.32 Å². The number of carboxylic acids is 1. The first-order chi connectivity index (χ1) is 24.0. The number of carbonyl (C=O) groups excluding carboxylic acids is 1. The molecule has 2 aromatic rings. The molecule has 2 aromatic carbocycles. The summed E-state index contributed by atoms with van der Waals surface area (Å²) in [5.74, 6) is -1.68. The smallest absolute Gasteiger partial charge is 0.319 e. The summed E-state index contributed by atoms with van der Waals surface area (Å²) >= 11 is 0. The topological polar surface area (TPSA) is 127 Å². The van der Waals surface area contributed by atoms with Gasteiger partial charge in [-0.05, 0) is 81.0 Å². The minimum absolute atomic E-state index is 0.0134. The lowest BCUT2D eigenvalue weighted by molar-refractivity contribution is -0.438. The van der Waals surface area contributed by atoms with Crippen LogP contribution in [0.1, 0.15) is 91.7 Å². The van der Waals surface area contributed by atoms with Gasteiger partial charge in [-0.3, -0.25) is 14.1 Å². The Morgan fingerprint density at radius 2 is 1.67 bits per heavy atom. The van der Waals surface area contributed by atoms with E-state index in [-0.39, 0.29) is 23.2 Å². The van der Waals surface area contributed by atoms with Gasteiger partial charge in [0, 0.05) is 54.0 Å². The Balaban J connectivity index is 1.63. The van der Waals surface area contributed by atoms with Crippen LogP contribution in [-0.2, 0) is 30.5 Å². The van der Waals surface area contributed by atoms with Crippen molar-refractivity contribution in [3.05, 3.63) is 101 Å². The number of carbonyl (C=O) groups is 2. The molecule has 3 N–H and O–H groups in total. The van der Waals surface area contributed by atoms with Gasteiger partial charge in [0.1, 0.15) is 6.54 Å².